The van der Waals surface area contributed by atoms with Crippen molar-refractivity contribution in [2.24, 2.45) is 5.92 Å². The van der Waals surface area contributed by atoms with Gasteiger partial charge in [-0.3, -0.25) is 0 Å². The smallest absolute Gasteiger partial charge is 0.0936 e. The predicted octanol–water partition coefficient (Wildman–Crippen LogP) is 4.00. The van der Waals surface area contributed by atoms with Gasteiger partial charge in [-0.15, -0.1) is 0 Å². The van der Waals surface area contributed by atoms with Gasteiger partial charge in [-0.2, -0.15) is 0 Å². The summed E-state index contributed by atoms with van der Waals surface area (Å²) in [6.07, 6.45) is 2.86. The van der Waals surface area contributed by atoms with E-state index in [1.165, 1.54) is 0 Å². The molecule has 15 heavy (non-hydrogen) atoms. The van der Waals surface area contributed by atoms with Gasteiger partial charge in [-0.25, -0.2) is 0 Å². The molecule has 0 radical (unpaired) electrons. The molecule has 2 atom stereocenters. The Kier molecular flexibility index (Phi) is 2.98. The van der Waals surface area contributed by atoms with Gasteiger partial charge in [0.25, 0.3) is 0 Å². The minimum atomic E-state index is -0.790. The minimum absolute atomic E-state index is 0.244. The third-order valence-electron chi connectivity index (χ3n) is 3.41. The first-order valence-corrected chi connectivity index (χ1v) is 5.97. The molecule has 0 aliphatic heterocycles. The highest BCUT2D eigenvalue weighted by Crippen LogP contribution is 2.46. The van der Waals surface area contributed by atoms with Crippen LogP contribution in [0, 0.1) is 5.92 Å². The van der Waals surface area contributed by atoms with Crippen LogP contribution >= 0.6 is 23.2 Å². The van der Waals surface area contributed by atoms with Crippen LogP contribution in [-0.4, -0.2) is 5.11 Å². The number of aliphatic hydroxyl groups is 1. The molecule has 0 saturated heterocycles. The summed E-state index contributed by atoms with van der Waals surface area (Å²) in [5.41, 5.74) is -0.0104. The third-order valence-corrected chi connectivity index (χ3v) is 3.97. The molecule has 1 nitrogen and oxygen atoms in total. The zero-order chi connectivity index (χ0) is 11.1. The number of halogens is 2. The van der Waals surface area contributed by atoms with Crippen molar-refractivity contribution in [3.63, 3.8) is 0 Å². The molecular weight excluding hydrogens is 231 g/mol. The van der Waals surface area contributed by atoms with E-state index in [-0.39, 0.29) is 5.92 Å². The van der Waals surface area contributed by atoms with Crippen molar-refractivity contribution in [2.75, 3.05) is 0 Å². The van der Waals surface area contributed by atoms with Crippen LogP contribution in [0.5, 0.6) is 0 Å². The van der Waals surface area contributed by atoms with Gasteiger partial charge in [-0.1, -0.05) is 30.1 Å². The summed E-state index contributed by atoms with van der Waals surface area (Å²) in [6, 6.07) is 5.28. The molecule has 0 bridgehead atoms. The first-order chi connectivity index (χ1) is 7.04. The zero-order valence-electron chi connectivity index (χ0n) is 8.63. The van der Waals surface area contributed by atoms with Gasteiger partial charge >= 0.3 is 0 Å². The summed E-state index contributed by atoms with van der Waals surface area (Å²) in [5, 5.41) is 11.8. The summed E-state index contributed by atoms with van der Waals surface area (Å²) in [7, 11) is 0. The lowest BCUT2D eigenvalue weighted by Crippen LogP contribution is -2.28. The van der Waals surface area contributed by atoms with Crippen LogP contribution < -0.4 is 0 Å². The van der Waals surface area contributed by atoms with E-state index in [9.17, 15) is 5.11 Å². The number of hydrogen-bond acceptors (Lipinski definition) is 1. The number of rotatable bonds is 1. The Labute approximate surface area is 100 Å². The second kappa shape index (κ2) is 3.97. The summed E-state index contributed by atoms with van der Waals surface area (Å²) < 4.78 is 0. The Morgan fingerprint density at radius 1 is 1.40 bits per heavy atom. The highest BCUT2D eigenvalue weighted by atomic mass is 35.5. The quantitative estimate of drug-likeness (QED) is 0.792. The first-order valence-electron chi connectivity index (χ1n) is 5.22. The summed E-state index contributed by atoms with van der Waals surface area (Å²) >= 11 is 12.0. The Bertz CT molecular complexity index is 378. The van der Waals surface area contributed by atoms with Crippen LogP contribution in [-0.2, 0) is 5.60 Å². The standard InChI is InChI=1S/C12H14Cl2O/c1-8-3-2-6-12(8,15)10-7-9(13)4-5-11(10)14/h4-5,7-8,15H,2-3,6H2,1H3. The summed E-state index contributed by atoms with van der Waals surface area (Å²) in [6.45, 7) is 2.06. The van der Waals surface area contributed by atoms with Gasteiger partial charge in [0.2, 0.25) is 0 Å². The molecule has 82 valence electrons. The van der Waals surface area contributed by atoms with E-state index < -0.39 is 5.60 Å². The van der Waals surface area contributed by atoms with E-state index in [1.807, 2.05) is 0 Å². The van der Waals surface area contributed by atoms with Gasteiger partial charge in [0.15, 0.2) is 0 Å². The zero-order valence-corrected chi connectivity index (χ0v) is 10.1. The fraction of sp³-hybridized carbons (Fsp3) is 0.500. The molecule has 0 spiro atoms. The van der Waals surface area contributed by atoms with E-state index in [0.29, 0.717) is 10.0 Å². The van der Waals surface area contributed by atoms with Crippen molar-refractivity contribution in [2.45, 2.75) is 31.8 Å². The molecule has 1 aliphatic rings. The second-order valence-corrected chi connectivity index (χ2v) is 5.19. The van der Waals surface area contributed by atoms with Crippen LogP contribution in [0.25, 0.3) is 0 Å². The Morgan fingerprint density at radius 2 is 2.13 bits per heavy atom. The minimum Gasteiger partial charge on any atom is -0.385 e. The topological polar surface area (TPSA) is 20.2 Å². The molecule has 1 N–H and O–H groups in total. The lowest BCUT2D eigenvalue weighted by Gasteiger charge is -2.29. The molecule has 0 amide bonds. The van der Waals surface area contributed by atoms with Gasteiger partial charge in [0.05, 0.1) is 5.60 Å². The Morgan fingerprint density at radius 3 is 2.73 bits per heavy atom. The molecule has 0 heterocycles. The van der Waals surface area contributed by atoms with Gasteiger partial charge in [0.1, 0.15) is 0 Å². The molecule has 2 unspecified atom stereocenters. The van der Waals surface area contributed by atoms with Gasteiger partial charge < -0.3 is 5.11 Å². The first kappa shape index (κ1) is 11.3. The Hall–Kier alpha value is -0.240. The molecule has 1 aromatic carbocycles. The van der Waals surface area contributed by atoms with Crippen LogP contribution in [0.1, 0.15) is 31.7 Å². The maximum absolute atomic E-state index is 10.6. The fourth-order valence-electron chi connectivity index (χ4n) is 2.39. The average molecular weight is 245 g/mol. The summed E-state index contributed by atoms with van der Waals surface area (Å²) in [4.78, 5) is 0. The SMILES string of the molecule is CC1CCCC1(O)c1cc(Cl)ccc1Cl. The largest absolute Gasteiger partial charge is 0.385 e. The average Bonchev–Trinajstić information content (AvgIpc) is 2.52. The van der Waals surface area contributed by atoms with Gasteiger partial charge in [-0.05, 0) is 43.4 Å². The second-order valence-electron chi connectivity index (χ2n) is 4.34. The lowest BCUT2D eigenvalue weighted by atomic mass is 9.85. The van der Waals surface area contributed by atoms with Crippen molar-refractivity contribution in [1.82, 2.24) is 0 Å². The molecule has 2 rings (SSSR count). The van der Waals surface area contributed by atoms with Crippen molar-refractivity contribution >= 4 is 23.2 Å². The van der Waals surface area contributed by atoms with Crippen LogP contribution in [0.4, 0.5) is 0 Å². The molecule has 1 fully saturated rings. The molecule has 1 saturated carbocycles. The third kappa shape index (κ3) is 1.89. The van der Waals surface area contributed by atoms with Crippen molar-refractivity contribution in [3.8, 4) is 0 Å². The van der Waals surface area contributed by atoms with E-state index in [1.54, 1.807) is 18.2 Å². The molecule has 1 aromatic rings. The van der Waals surface area contributed by atoms with E-state index in [0.717, 1.165) is 24.8 Å². The lowest BCUT2D eigenvalue weighted by molar-refractivity contribution is 0.00460. The normalized spacial score (nSPS) is 30.8. The van der Waals surface area contributed by atoms with Crippen molar-refractivity contribution in [3.05, 3.63) is 33.8 Å². The monoisotopic (exact) mass is 244 g/mol. The predicted molar refractivity (Wildman–Crippen MR) is 63.4 cm³/mol. The Balaban J connectivity index is 2.48. The maximum Gasteiger partial charge on any atom is 0.0936 e. The van der Waals surface area contributed by atoms with E-state index in [4.69, 9.17) is 23.2 Å². The molecule has 0 aromatic heterocycles. The maximum atomic E-state index is 10.6. The highest BCUT2D eigenvalue weighted by molar-refractivity contribution is 6.33. The van der Waals surface area contributed by atoms with E-state index in [2.05, 4.69) is 6.92 Å². The van der Waals surface area contributed by atoms with Crippen molar-refractivity contribution in [1.29, 1.82) is 0 Å². The van der Waals surface area contributed by atoms with Gasteiger partial charge in [0, 0.05) is 15.6 Å². The fourth-order valence-corrected chi connectivity index (χ4v) is 2.85. The number of benzene rings is 1. The molecular formula is C12H14Cl2O. The molecule has 1 aliphatic carbocycles. The van der Waals surface area contributed by atoms with E-state index >= 15 is 0 Å². The summed E-state index contributed by atoms with van der Waals surface area (Å²) in [5.74, 6) is 0.244. The van der Waals surface area contributed by atoms with Crippen LogP contribution in [0.15, 0.2) is 18.2 Å². The molecule has 3 heteroatoms. The van der Waals surface area contributed by atoms with Crippen LogP contribution in [0.2, 0.25) is 10.0 Å². The number of hydrogen-bond donors (Lipinski definition) is 1. The highest BCUT2D eigenvalue weighted by Gasteiger charge is 2.41. The van der Waals surface area contributed by atoms with Crippen LogP contribution in [0.3, 0.4) is 0 Å². The van der Waals surface area contributed by atoms with Crippen molar-refractivity contribution < 1.29 is 5.11 Å².